The summed E-state index contributed by atoms with van der Waals surface area (Å²) in [5.41, 5.74) is 3.73. The van der Waals surface area contributed by atoms with E-state index >= 15 is 0 Å². The lowest BCUT2D eigenvalue weighted by Gasteiger charge is -2.15. The van der Waals surface area contributed by atoms with Gasteiger partial charge in [0, 0.05) is 0 Å². The Morgan fingerprint density at radius 1 is 0.840 bits per heavy atom. The van der Waals surface area contributed by atoms with Gasteiger partial charge in [0.2, 0.25) is 0 Å². The van der Waals surface area contributed by atoms with Gasteiger partial charge in [-0.25, -0.2) is 4.79 Å². The van der Waals surface area contributed by atoms with Gasteiger partial charge in [0.05, 0.1) is 5.56 Å². The Hall–Kier alpha value is -3.13. The molecule has 0 fully saturated rings. The van der Waals surface area contributed by atoms with Crippen molar-refractivity contribution in [1.29, 1.82) is 0 Å². The van der Waals surface area contributed by atoms with Crippen molar-refractivity contribution < 1.29 is 9.53 Å². The van der Waals surface area contributed by atoms with Crippen LogP contribution in [-0.2, 0) is 4.74 Å². The van der Waals surface area contributed by atoms with E-state index in [0.717, 1.165) is 11.1 Å². The molecule has 0 bridgehead atoms. The van der Waals surface area contributed by atoms with Crippen LogP contribution < -0.4 is 0 Å². The van der Waals surface area contributed by atoms with Crippen LogP contribution in [0.2, 0.25) is 0 Å². The van der Waals surface area contributed by atoms with Gasteiger partial charge in [-0.3, -0.25) is 0 Å². The molecule has 0 aliphatic heterocycles. The standard InChI is InChI=1S/C23H20O2/c1-18-12-15-20(16-13-18)22(17-14-19-8-4-2-5-9-19)25-23(24)21-10-6-3-7-11-21/h2-17,22H,1H3/b17-14+/t22-/m0/s1. The average Bonchev–Trinajstić information content (AvgIpc) is 2.67. The van der Waals surface area contributed by atoms with Crippen LogP contribution in [0.3, 0.4) is 0 Å². The number of carbonyl (C=O) groups excluding carboxylic acids is 1. The van der Waals surface area contributed by atoms with Crippen molar-refractivity contribution in [3.63, 3.8) is 0 Å². The molecule has 2 nitrogen and oxygen atoms in total. The quantitative estimate of drug-likeness (QED) is 0.569. The molecule has 0 spiro atoms. The van der Waals surface area contributed by atoms with E-state index < -0.39 is 6.10 Å². The summed E-state index contributed by atoms with van der Waals surface area (Å²) in [6, 6.07) is 27.1. The molecule has 3 aromatic carbocycles. The molecular weight excluding hydrogens is 308 g/mol. The second-order valence-corrected chi connectivity index (χ2v) is 5.87. The minimum Gasteiger partial charge on any atom is -0.450 e. The molecular formula is C23H20O2. The number of esters is 1. The summed E-state index contributed by atoms with van der Waals surface area (Å²) in [6.07, 6.45) is 3.46. The fourth-order valence-electron chi connectivity index (χ4n) is 2.49. The van der Waals surface area contributed by atoms with Gasteiger partial charge in [0.1, 0.15) is 6.10 Å². The SMILES string of the molecule is Cc1ccc([C@H](/C=C/c2ccccc2)OC(=O)c2ccccc2)cc1. The topological polar surface area (TPSA) is 26.3 Å². The summed E-state index contributed by atoms with van der Waals surface area (Å²) in [4.78, 5) is 12.5. The van der Waals surface area contributed by atoms with Crippen LogP contribution in [0.15, 0.2) is 91.0 Å². The van der Waals surface area contributed by atoms with E-state index in [9.17, 15) is 4.79 Å². The summed E-state index contributed by atoms with van der Waals surface area (Å²) in [7, 11) is 0. The van der Waals surface area contributed by atoms with E-state index in [-0.39, 0.29) is 5.97 Å². The van der Waals surface area contributed by atoms with Crippen LogP contribution in [-0.4, -0.2) is 5.97 Å². The molecule has 3 aromatic rings. The van der Waals surface area contributed by atoms with Crippen molar-refractivity contribution in [2.45, 2.75) is 13.0 Å². The predicted molar refractivity (Wildman–Crippen MR) is 101 cm³/mol. The molecule has 0 N–H and O–H groups in total. The molecule has 0 amide bonds. The third-order valence-electron chi connectivity index (χ3n) is 3.91. The number of ether oxygens (including phenoxy) is 1. The number of aryl methyl sites for hydroxylation is 1. The normalized spacial score (nSPS) is 12.0. The summed E-state index contributed by atoms with van der Waals surface area (Å²) in [5.74, 6) is -0.330. The fraction of sp³-hybridized carbons (Fsp3) is 0.0870. The maximum atomic E-state index is 12.5. The largest absolute Gasteiger partial charge is 0.450 e. The Balaban J connectivity index is 1.85. The van der Waals surface area contributed by atoms with Gasteiger partial charge in [0.25, 0.3) is 0 Å². The highest BCUT2D eigenvalue weighted by Gasteiger charge is 2.15. The maximum absolute atomic E-state index is 12.5. The lowest BCUT2D eigenvalue weighted by Crippen LogP contribution is -2.10. The number of hydrogen-bond acceptors (Lipinski definition) is 2. The molecule has 0 aliphatic carbocycles. The molecule has 0 unspecified atom stereocenters. The highest BCUT2D eigenvalue weighted by Crippen LogP contribution is 2.22. The Kier molecular flexibility index (Phi) is 5.43. The van der Waals surface area contributed by atoms with E-state index in [0.29, 0.717) is 5.56 Å². The third-order valence-corrected chi connectivity index (χ3v) is 3.91. The van der Waals surface area contributed by atoms with Gasteiger partial charge >= 0.3 is 5.97 Å². The molecule has 0 aliphatic rings. The molecule has 0 saturated heterocycles. The Bertz CT molecular complexity index is 834. The minimum absolute atomic E-state index is 0.330. The number of benzene rings is 3. The molecule has 124 valence electrons. The van der Waals surface area contributed by atoms with E-state index in [2.05, 4.69) is 0 Å². The first-order valence-corrected chi connectivity index (χ1v) is 8.28. The zero-order valence-electron chi connectivity index (χ0n) is 14.1. The Labute approximate surface area is 148 Å². The number of carbonyl (C=O) groups is 1. The molecule has 0 radical (unpaired) electrons. The van der Waals surface area contributed by atoms with E-state index in [1.54, 1.807) is 12.1 Å². The second-order valence-electron chi connectivity index (χ2n) is 5.87. The van der Waals surface area contributed by atoms with Gasteiger partial charge in [0.15, 0.2) is 0 Å². The highest BCUT2D eigenvalue weighted by molar-refractivity contribution is 5.89. The van der Waals surface area contributed by atoms with Crippen LogP contribution in [0.1, 0.15) is 33.2 Å². The van der Waals surface area contributed by atoms with Crippen LogP contribution >= 0.6 is 0 Å². The Morgan fingerprint density at radius 3 is 2.08 bits per heavy atom. The van der Waals surface area contributed by atoms with Crippen molar-refractivity contribution in [3.8, 4) is 0 Å². The summed E-state index contributed by atoms with van der Waals surface area (Å²) in [5, 5.41) is 0. The molecule has 3 rings (SSSR count). The molecule has 1 atom stereocenters. The number of hydrogen-bond donors (Lipinski definition) is 0. The summed E-state index contributed by atoms with van der Waals surface area (Å²) < 4.78 is 5.76. The van der Waals surface area contributed by atoms with Gasteiger partial charge in [-0.15, -0.1) is 0 Å². The monoisotopic (exact) mass is 328 g/mol. The van der Waals surface area contributed by atoms with Gasteiger partial charge in [-0.05, 0) is 36.3 Å². The van der Waals surface area contributed by atoms with Gasteiger partial charge < -0.3 is 4.74 Å². The van der Waals surface area contributed by atoms with Gasteiger partial charge in [-0.2, -0.15) is 0 Å². The van der Waals surface area contributed by atoms with Crippen molar-refractivity contribution in [2.75, 3.05) is 0 Å². The van der Waals surface area contributed by atoms with Crippen LogP contribution in [0.4, 0.5) is 0 Å². The van der Waals surface area contributed by atoms with Crippen molar-refractivity contribution in [1.82, 2.24) is 0 Å². The van der Waals surface area contributed by atoms with Gasteiger partial charge in [-0.1, -0.05) is 84.4 Å². The van der Waals surface area contributed by atoms with Crippen molar-refractivity contribution >= 4 is 12.0 Å². The van der Waals surface area contributed by atoms with Crippen molar-refractivity contribution in [3.05, 3.63) is 113 Å². The smallest absolute Gasteiger partial charge is 0.339 e. The first-order chi connectivity index (χ1) is 12.2. The zero-order valence-corrected chi connectivity index (χ0v) is 14.1. The second kappa shape index (κ2) is 8.11. The maximum Gasteiger partial charge on any atom is 0.339 e. The Morgan fingerprint density at radius 2 is 1.44 bits per heavy atom. The van der Waals surface area contributed by atoms with Crippen LogP contribution in [0.25, 0.3) is 6.08 Å². The fourth-order valence-corrected chi connectivity index (χ4v) is 2.49. The summed E-state index contributed by atoms with van der Waals surface area (Å²) in [6.45, 7) is 2.04. The van der Waals surface area contributed by atoms with E-state index in [1.807, 2.05) is 91.9 Å². The lowest BCUT2D eigenvalue weighted by molar-refractivity contribution is 0.0393. The van der Waals surface area contributed by atoms with E-state index in [1.165, 1.54) is 5.56 Å². The first-order valence-electron chi connectivity index (χ1n) is 8.28. The molecule has 0 aromatic heterocycles. The molecule has 0 heterocycles. The van der Waals surface area contributed by atoms with Crippen LogP contribution in [0.5, 0.6) is 0 Å². The van der Waals surface area contributed by atoms with Crippen molar-refractivity contribution in [2.24, 2.45) is 0 Å². The average molecular weight is 328 g/mol. The summed E-state index contributed by atoms with van der Waals surface area (Å²) >= 11 is 0. The molecule has 2 heteroatoms. The predicted octanol–water partition coefficient (Wildman–Crippen LogP) is 5.61. The zero-order chi connectivity index (χ0) is 17.5. The third kappa shape index (κ3) is 4.67. The lowest BCUT2D eigenvalue weighted by atomic mass is 10.1. The molecule has 0 saturated carbocycles. The van der Waals surface area contributed by atoms with E-state index in [4.69, 9.17) is 4.74 Å². The number of rotatable bonds is 5. The molecule has 25 heavy (non-hydrogen) atoms. The van der Waals surface area contributed by atoms with Crippen LogP contribution in [0, 0.1) is 6.92 Å². The first kappa shape index (κ1) is 16.7. The highest BCUT2D eigenvalue weighted by atomic mass is 16.5. The minimum atomic E-state index is -0.437.